The van der Waals surface area contributed by atoms with Crippen molar-refractivity contribution in [2.45, 2.75) is 6.92 Å². The summed E-state index contributed by atoms with van der Waals surface area (Å²) in [5, 5.41) is 0. The summed E-state index contributed by atoms with van der Waals surface area (Å²) >= 11 is 0. The number of hydrogen-bond acceptors (Lipinski definition) is 5. The maximum atomic E-state index is 11.3. The highest BCUT2D eigenvalue weighted by Gasteiger charge is 2.17. The van der Waals surface area contributed by atoms with Gasteiger partial charge < -0.3 is 4.18 Å². The third kappa shape index (κ3) is 3.34. The van der Waals surface area contributed by atoms with Crippen LogP contribution in [-0.2, 0) is 18.8 Å². The molecule has 82 valence electrons. The summed E-state index contributed by atoms with van der Waals surface area (Å²) < 4.78 is 29.7. The predicted molar refractivity (Wildman–Crippen MR) is 52.5 cm³/mol. The molecule has 0 radical (unpaired) electrons. The predicted octanol–water partition coefficient (Wildman–Crippen LogP) is 1.04. The Kier molecular flexibility index (Phi) is 3.43. The molecule has 0 fully saturated rings. The standard InChI is InChI=1S/C9H10O5S/c1-7-4-3-5-8(6-7)9(10)14-15(11,12)13-2/h3-6H,1-2H3. The summed E-state index contributed by atoms with van der Waals surface area (Å²) in [6, 6.07) is 6.39. The number of hydrogen-bond donors (Lipinski definition) is 0. The molecule has 0 atom stereocenters. The maximum Gasteiger partial charge on any atom is 0.451 e. The first-order chi connectivity index (χ1) is 6.94. The third-order valence-corrected chi connectivity index (χ3v) is 2.40. The molecule has 0 aliphatic heterocycles. The van der Waals surface area contributed by atoms with Crippen molar-refractivity contribution in [2.24, 2.45) is 0 Å². The van der Waals surface area contributed by atoms with Gasteiger partial charge in [-0.3, -0.25) is 0 Å². The molecule has 0 aliphatic rings. The van der Waals surface area contributed by atoms with Crippen LogP contribution in [0.1, 0.15) is 15.9 Å². The lowest BCUT2D eigenvalue weighted by Crippen LogP contribution is -2.14. The van der Waals surface area contributed by atoms with Gasteiger partial charge >= 0.3 is 16.4 Å². The molecule has 0 bridgehead atoms. The summed E-state index contributed by atoms with van der Waals surface area (Å²) in [7, 11) is -3.31. The lowest BCUT2D eigenvalue weighted by atomic mass is 10.1. The summed E-state index contributed by atoms with van der Waals surface area (Å²) in [5.41, 5.74) is 0.995. The fraction of sp³-hybridized carbons (Fsp3) is 0.222. The van der Waals surface area contributed by atoms with Crippen molar-refractivity contribution in [1.82, 2.24) is 0 Å². The Bertz CT molecular complexity index is 463. The number of benzene rings is 1. The van der Waals surface area contributed by atoms with Crippen LogP contribution < -0.4 is 0 Å². The lowest BCUT2D eigenvalue weighted by Gasteiger charge is -2.03. The first kappa shape index (κ1) is 11.7. The van der Waals surface area contributed by atoms with Crippen LogP contribution in [0.5, 0.6) is 0 Å². The molecule has 0 unspecified atom stereocenters. The van der Waals surface area contributed by atoms with E-state index in [9.17, 15) is 13.2 Å². The number of carbonyl (C=O) groups is 1. The molecule has 5 nitrogen and oxygen atoms in total. The van der Waals surface area contributed by atoms with Gasteiger partial charge in [-0.25, -0.2) is 8.98 Å². The molecule has 0 saturated heterocycles. The average molecular weight is 230 g/mol. The van der Waals surface area contributed by atoms with Gasteiger partial charge in [0.05, 0.1) is 12.7 Å². The van der Waals surface area contributed by atoms with Gasteiger partial charge in [0.1, 0.15) is 0 Å². The van der Waals surface area contributed by atoms with Gasteiger partial charge in [0.15, 0.2) is 0 Å². The van der Waals surface area contributed by atoms with Crippen molar-refractivity contribution < 1.29 is 21.6 Å². The highest BCUT2D eigenvalue weighted by atomic mass is 32.3. The van der Waals surface area contributed by atoms with Crippen LogP contribution in [0.25, 0.3) is 0 Å². The Morgan fingerprint density at radius 2 is 2.00 bits per heavy atom. The molecule has 1 rings (SSSR count). The number of rotatable bonds is 3. The Morgan fingerprint density at radius 3 is 2.53 bits per heavy atom. The van der Waals surface area contributed by atoms with E-state index in [0.29, 0.717) is 0 Å². The van der Waals surface area contributed by atoms with E-state index in [0.717, 1.165) is 12.7 Å². The van der Waals surface area contributed by atoms with Gasteiger partial charge in [0.2, 0.25) is 0 Å². The van der Waals surface area contributed by atoms with Gasteiger partial charge in [0.25, 0.3) is 0 Å². The second-order valence-corrected chi connectivity index (χ2v) is 4.13. The van der Waals surface area contributed by atoms with Crippen LogP contribution in [0.15, 0.2) is 24.3 Å². The van der Waals surface area contributed by atoms with Crippen molar-refractivity contribution in [2.75, 3.05) is 7.11 Å². The van der Waals surface area contributed by atoms with Crippen LogP contribution in [-0.4, -0.2) is 21.5 Å². The summed E-state index contributed by atoms with van der Waals surface area (Å²) in [6.07, 6.45) is 0. The number of carbonyl (C=O) groups excluding carboxylic acids is 1. The monoisotopic (exact) mass is 230 g/mol. The van der Waals surface area contributed by atoms with Gasteiger partial charge in [0, 0.05) is 0 Å². The van der Waals surface area contributed by atoms with Crippen molar-refractivity contribution >= 4 is 16.4 Å². The number of aryl methyl sites for hydroxylation is 1. The van der Waals surface area contributed by atoms with Crippen molar-refractivity contribution in [3.63, 3.8) is 0 Å². The summed E-state index contributed by atoms with van der Waals surface area (Å²) in [5.74, 6) is -0.958. The Labute approximate surface area is 88.0 Å². The third-order valence-electron chi connectivity index (χ3n) is 1.64. The van der Waals surface area contributed by atoms with E-state index in [2.05, 4.69) is 8.37 Å². The molecule has 0 N–H and O–H groups in total. The second kappa shape index (κ2) is 4.41. The van der Waals surface area contributed by atoms with Crippen molar-refractivity contribution in [1.29, 1.82) is 0 Å². The molecule has 15 heavy (non-hydrogen) atoms. The minimum atomic E-state index is -4.23. The molecule has 1 aromatic carbocycles. The van der Waals surface area contributed by atoms with Gasteiger partial charge in [-0.2, -0.15) is 8.42 Å². The van der Waals surface area contributed by atoms with E-state index in [1.54, 1.807) is 19.1 Å². The van der Waals surface area contributed by atoms with E-state index < -0.39 is 16.4 Å². The van der Waals surface area contributed by atoms with E-state index in [4.69, 9.17) is 0 Å². The molecular formula is C9H10O5S. The normalized spacial score (nSPS) is 11.1. The molecule has 0 heterocycles. The quantitative estimate of drug-likeness (QED) is 0.776. The summed E-state index contributed by atoms with van der Waals surface area (Å²) in [6.45, 7) is 1.78. The minimum Gasteiger partial charge on any atom is -0.320 e. The van der Waals surface area contributed by atoms with Gasteiger partial charge in [-0.05, 0) is 19.1 Å². The lowest BCUT2D eigenvalue weighted by molar-refractivity contribution is 0.0719. The fourth-order valence-corrected chi connectivity index (χ4v) is 1.30. The Morgan fingerprint density at radius 1 is 1.33 bits per heavy atom. The topological polar surface area (TPSA) is 69.7 Å². The molecule has 6 heteroatoms. The van der Waals surface area contributed by atoms with Crippen molar-refractivity contribution in [3.05, 3.63) is 35.4 Å². The van der Waals surface area contributed by atoms with Crippen molar-refractivity contribution in [3.8, 4) is 0 Å². The average Bonchev–Trinajstić information content (AvgIpc) is 2.17. The second-order valence-electron chi connectivity index (χ2n) is 2.82. The van der Waals surface area contributed by atoms with E-state index in [1.807, 2.05) is 0 Å². The first-order valence-electron chi connectivity index (χ1n) is 4.05. The van der Waals surface area contributed by atoms with Gasteiger partial charge in [-0.1, -0.05) is 17.7 Å². The SMILES string of the molecule is COS(=O)(=O)OC(=O)c1cccc(C)c1. The molecule has 0 aromatic heterocycles. The van der Waals surface area contributed by atoms with E-state index in [1.165, 1.54) is 12.1 Å². The van der Waals surface area contributed by atoms with Crippen LogP contribution >= 0.6 is 0 Å². The Balaban J connectivity index is 2.87. The first-order valence-corrected chi connectivity index (χ1v) is 5.39. The van der Waals surface area contributed by atoms with E-state index in [-0.39, 0.29) is 5.56 Å². The van der Waals surface area contributed by atoms with Crippen LogP contribution in [0.2, 0.25) is 0 Å². The summed E-state index contributed by atoms with van der Waals surface area (Å²) in [4.78, 5) is 11.3. The molecular weight excluding hydrogens is 220 g/mol. The van der Waals surface area contributed by atoms with Crippen LogP contribution in [0, 0.1) is 6.92 Å². The molecule has 1 aromatic rings. The largest absolute Gasteiger partial charge is 0.451 e. The molecule has 0 amide bonds. The zero-order valence-corrected chi connectivity index (χ0v) is 9.08. The highest BCUT2D eigenvalue weighted by molar-refractivity contribution is 7.82. The highest BCUT2D eigenvalue weighted by Crippen LogP contribution is 2.07. The maximum absolute atomic E-state index is 11.3. The van der Waals surface area contributed by atoms with Crippen LogP contribution in [0.3, 0.4) is 0 Å². The smallest absolute Gasteiger partial charge is 0.320 e. The zero-order valence-electron chi connectivity index (χ0n) is 8.26. The molecule has 0 spiro atoms. The fourth-order valence-electron chi connectivity index (χ4n) is 0.947. The minimum absolute atomic E-state index is 0.163. The molecule has 0 saturated carbocycles. The van der Waals surface area contributed by atoms with Gasteiger partial charge in [-0.15, -0.1) is 0 Å². The van der Waals surface area contributed by atoms with Crippen LogP contribution in [0.4, 0.5) is 0 Å². The zero-order chi connectivity index (χ0) is 11.5. The van der Waals surface area contributed by atoms with E-state index >= 15 is 0 Å². The molecule has 0 aliphatic carbocycles. The Hall–Kier alpha value is -1.40.